The number of hydrogen-bond acceptors (Lipinski definition) is 3. The van der Waals surface area contributed by atoms with Crippen LogP contribution in [0.5, 0.6) is 0 Å². The Morgan fingerprint density at radius 3 is 2.33 bits per heavy atom. The molecule has 0 fully saturated rings. The molecular formula is C27H26BrN3O2. The summed E-state index contributed by atoms with van der Waals surface area (Å²) in [6.07, 6.45) is 3.59. The van der Waals surface area contributed by atoms with Gasteiger partial charge in [0.25, 0.3) is 5.91 Å². The first-order chi connectivity index (χ1) is 16.1. The van der Waals surface area contributed by atoms with Crippen LogP contribution in [-0.2, 0) is 13.0 Å². The molecular weight excluding hydrogens is 478 g/mol. The van der Waals surface area contributed by atoms with Crippen molar-refractivity contribution >= 4 is 38.7 Å². The zero-order valence-corrected chi connectivity index (χ0v) is 19.9. The molecule has 0 unspecified atom stereocenters. The number of Topliss-reactive ketones (excluding diaryl/α,β-unsaturated/α-hetero) is 1. The lowest BCUT2D eigenvalue weighted by Gasteiger charge is -2.09. The van der Waals surface area contributed by atoms with E-state index in [1.807, 2.05) is 71.3 Å². The van der Waals surface area contributed by atoms with Gasteiger partial charge in [0.15, 0.2) is 5.78 Å². The number of amides is 1. The number of nitrogens with zero attached hydrogens (tertiary/aromatic N) is 2. The molecule has 1 heterocycles. The number of imidazole rings is 1. The number of para-hydroxylation sites is 2. The summed E-state index contributed by atoms with van der Waals surface area (Å²) >= 11 is 3.38. The number of carbonyl (C=O) groups is 2. The second-order valence-corrected chi connectivity index (χ2v) is 8.88. The fourth-order valence-corrected chi connectivity index (χ4v) is 4.11. The normalized spacial score (nSPS) is 10.9. The highest BCUT2D eigenvalue weighted by atomic mass is 79.9. The molecule has 0 saturated carbocycles. The number of nitrogens with one attached hydrogen (secondary N) is 1. The quantitative estimate of drug-likeness (QED) is 0.219. The number of rotatable bonds is 10. The molecule has 0 saturated heterocycles. The van der Waals surface area contributed by atoms with Crippen molar-refractivity contribution in [1.29, 1.82) is 0 Å². The lowest BCUT2D eigenvalue weighted by molar-refractivity contribution is 0.0950. The van der Waals surface area contributed by atoms with Crippen LogP contribution >= 0.6 is 15.9 Å². The van der Waals surface area contributed by atoms with Crippen molar-refractivity contribution in [3.8, 4) is 0 Å². The predicted octanol–water partition coefficient (Wildman–Crippen LogP) is 5.82. The zero-order valence-electron chi connectivity index (χ0n) is 18.3. The number of benzene rings is 3. The first-order valence-electron chi connectivity index (χ1n) is 11.2. The number of hydrogen-bond donors (Lipinski definition) is 1. The summed E-state index contributed by atoms with van der Waals surface area (Å²) in [5.41, 5.74) is 3.27. The molecule has 4 aromatic rings. The van der Waals surface area contributed by atoms with Crippen LogP contribution in [0.25, 0.3) is 11.0 Å². The van der Waals surface area contributed by atoms with Gasteiger partial charge in [-0.3, -0.25) is 9.59 Å². The van der Waals surface area contributed by atoms with Crippen LogP contribution in [0.2, 0.25) is 0 Å². The number of ketones is 1. The van der Waals surface area contributed by atoms with Gasteiger partial charge >= 0.3 is 0 Å². The number of halogens is 1. The molecule has 0 spiro atoms. The SMILES string of the molecule is O=C(Cn1c(CCCCCNC(=O)c2ccc(Br)cc2)nc2ccccc21)c1ccccc1. The van der Waals surface area contributed by atoms with E-state index in [4.69, 9.17) is 4.98 Å². The largest absolute Gasteiger partial charge is 0.352 e. The van der Waals surface area contributed by atoms with Crippen LogP contribution in [0, 0.1) is 0 Å². The maximum Gasteiger partial charge on any atom is 0.251 e. The van der Waals surface area contributed by atoms with E-state index < -0.39 is 0 Å². The van der Waals surface area contributed by atoms with E-state index in [9.17, 15) is 9.59 Å². The van der Waals surface area contributed by atoms with Gasteiger partial charge in [0.05, 0.1) is 17.6 Å². The first-order valence-corrected chi connectivity index (χ1v) is 12.0. The number of carbonyl (C=O) groups excluding carboxylic acids is 2. The molecule has 1 aromatic heterocycles. The van der Waals surface area contributed by atoms with Gasteiger partial charge in [-0.2, -0.15) is 0 Å². The molecule has 168 valence electrons. The van der Waals surface area contributed by atoms with Crippen molar-refractivity contribution in [3.63, 3.8) is 0 Å². The Bertz CT molecular complexity index is 1230. The summed E-state index contributed by atoms with van der Waals surface area (Å²) in [7, 11) is 0. The molecule has 0 aliphatic rings. The number of fused-ring (bicyclic) bond motifs is 1. The van der Waals surface area contributed by atoms with Crippen molar-refractivity contribution in [2.45, 2.75) is 32.2 Å². The molecule has 1 amide bonds. The molecule has 33 heavy (non-hydrogen) atoms. The second-order valence-electron chi connectivity index (χ2n) is 7.97. The van der Waals surface area contributed by atoms with Gasteiger partial charge in [-0.05, 0) is 49.2 Å². The summed E-state index contributed by atoms with van der Waals surface area (Å²) in [4.78, 5) is 29.8. The summed E-state index contributed by atoms with van der Waals surface area (Å²) in [6.45, 7) is 0.918. The minimum absolute atomic E-state index is 0.0521. The van der Waals surface area contributed by atoms with Crippen molar-refractivity contribution in [3.05, 3.63) is 100 Å². The molecule has 4 rings (SSSR count). The zero-order chi connectivity index (χ0) is 23.0. The van der Waals surface area contributed by atoms with Gasteiger partial charge in [0.1, 0.15) is 5.82 Å². The number of unbranched alkanes of at least 4 members (excludes halogenated alkanes) is 2. The summed E-state index contributed by atoms with van der Waals surface area (Å²) in [5, 5.41) is 2.97. The molecule has 1 N–H and O–H groups in total. The third kappa shape index (κ3) is 5.96. The molecule has 0 aliphatic carbocycles. The highest BCUT2D eigenvalue weighted by Gasteiger charge is 2.14. The third-order valence-corrected chi connectivity index (χ3v) is 6.13. The van der Waals surface area contributed by atoms with E-state index in [1.54, 1.807) is 12.1 Å². The van der Waals surface area contributed by atoms with Crippen LogP contribution < -0.4 is 5.32 Å². The van der Waals surface area contributed by atoms with E-state index in [0.717, 1.165) is 47.0 Å². The molecule has 3 aromatic carbocycles. The lowest BCUT2D eigenvalue weighted by Crippen LogP contribution is -2.24. The van der Waals surface area contributed by atoms with E-state index in [1.165, 1.54) is 0 Å². The minimum Gasteiger partial charge on any atom is -0.352 e. The molecule has 0 bridgehead atoms. The smallest absolute Gasteiger partial charge is 0.251 e. The van der Waals surface area contributed by atoms with E-state index in [-0.39, 0.29) is 18.2 Å². The number of aryl methyl sites for hydroxylation is 1. The average Bonchev–Trinajstić information content (AvgIpc) is 3.19. The maximum atomic E-state index is 12.8. The summed E-state index contributed by atoms with van der Waals surface area (Å²) in [6, 6.07) is 24.7. The maximum absolute atomic E-state index is 12.8. The Kier molecular flexibility index (Phi) is 7.68. The Morgan fingerprint density at radius 1 is 0.818 bits per heavy atom. The fraction of sp³-hybridized carbons (Fsp3) is 0.222. The topological polar surface area (TPSA) is 64.0 Å². The second kappa shape index (κ2) is 11.1. The van der Waals surface area contributed by atoms with E-state index in [0.29, 0.717) is 17.7 Å². The van der Waals surface area contributed by atoms with Crippen molar-refractivity contribution in [2.75, 3.05) is 6.54 Å². The Hall–Kier alpha value is -3.25. The van der Waals surface area contributed by atoms with Crippen molar-refractivity contribution in [2.24, 2.45) is 0 Å². The fourth-order valence-electron chi connectivity index (χ4n) is 3.84. The van der Waals surface area contributed by atoms with Crippen molar-refractivity contribution in [1.82, 2.24) is 14.9 Å². The van der Waals surface area contributed by atoms with E-state index >= 15 is 0 Å². The standard InChI is InChI=1S/C27H26BrN3O2/c28-22-16-14-21(15-17-22)27(33)29-18-8-2-5-13-26-30-23-11-6-7-12-24(23)31(26)19-25(32)20-9-3-1-4-10-20/h1,3-4,6-7,9-12,14-17H,2,5,8,13,18-19H2,(H,29,33). The van der Waals surface area contributed by atoms with Crippen LogP contribution in [0.1, 0.15) is 45.8 Å². The summed E-state index contributed by atoms with van der Waals surface area (Å²) < 4.78 is 3.00. The highest BCUT2D eigenvalue weighted by Crippen LogP contribution is 2.19. The first kappa shape index (κ1) is 22.9. The third-order valence-electron chi connectivity index (χ3n) is 5.60. The van der Waals surface area contributed by atoms with Crippen LogP contribution in [0.4, 0.5) is 0 Å². The highest BCUT2D eigenvalue weighted by molar-refractivity contribution is 9.10. The van der Waals surface area contributed by atoms with E-state index in [2.05, 4.69) is 21.2 Å². The lowest BCUT2D eigenvalue weighted by atomic mass is 10.1. The van der Waals surface area contributed by atoms with Gasteiger partial charge in [-0.1, -0.05) is 64.8 Å². The average molecular weight is 504 g/mol. The Balaban J connectivity index is 1.32. The summed E-state index contributed by atoms with van der Waals surface area (Å²) in [5.74, 6) is 0.957. The van der Waals surface area contributed by atoms with Crippen molar-refractivity contribution < 1.29 is 9.59 Å². The van der Waals surface area contributed by atoms with Crippen LogP contribution in [0.3, 0.4) is 0 Å². The molecule has 6 heteroatoms. The van der Waals surface area contributed by atoms with Gasteiger partial charge < -0.3 is 9.88 Å². The molecule has 0 radical (unpaired) electrons. The van der Waals surface area contributed by atoms with Crippen LogP contribution in [0.15, 0.2) is 83.3 Å². The van der Waals surface area contributed by atoms with Crippen LogP contribution in [-0.4, -0.2) is 27.8 Å². The molecule has 5 nitrogen and oxygen atoms in total. The molecule has 0 atom stereocenters. The van der Waals surface area contributed by atoms with Gasteiger partial charge in [-0.15, -0.1) is 0 Å². The van der Waals surface area contributed by atoms with Gasteiger partial charge in [0.2, 0.25) is 0 Å². The predicted molar refractivity (Wildman–Crippen MR) is 135 cm³/mol. The minimum atomic E-state index is -0.0521. The van der Waals surface area contributed by atoms with Gasteiger partial charge in [-0.25, -0.2) is 4.98 Å². The monoisotopic (exact) mass is 503 g/mol. The molecule has 0 aliphatic heterocycles. The number of aromatic nitrogens is 2. The van der Waals surface area contributed by atoms with Gasteiger partial charge in [0, 0.05) is 28.6 Å². The Morgan fingerprint density at radius 2 is 1.55 bits per heavy atom. The Labute approximate surface area is 202 Å².